The van der Waals surface area contributed by atoms with Gasteiger partial charge in [-0.25, -0.2) is 19.7 Å². The Morgan fingerprint density at radius 2 is 1.95 bits per heavy atom. The van der Waals surface area contributed by atoms with E-state index >= 15 is 0 Å². The van der Waals surface area contributed by atoms with Crippen LogP contribution in [0.15, 0.2) is 52.7 Å². The summed E-state index contributed by atoms with van der Waals surface area (Å²) in [6, 6.07) is 8.17. The average molecular weight is 544 g/mol. The van der Waals surface area contributed by atoms with Gasteiger partial charge in [0, 0.05) is 47.8 Å². The largest absolute Gasteiger partial charge is 0.497 e. The van der Waals surface area contributed by atoms with Crippen LogP contribution in [0.5, 0.6) is 11.5 Å². The maximum Gasteiger partial charge on any atom is 0.410 e. The van der Waals surface area contributed by atoms with Crippen LogP contribution >= 0.6 is 11.6 Å². The van der Waals surface area contributed by atoms with Gasteiger partial charge in [0.2, 0.25) is 5.16 Å². The van der Waals surface area contributed by atoms with Crippen LogP contribution in [0.1, 0.15) is 5.56 Å². The van der Waals surface area contributed by atoms with Gasteiger partial charge in [0.15, 0.2) is 0 Å². The molecule has 1 aromatic carbocycles. The zero-order valence-corrected chi connectivity index (χ0v) is 21.6. The summed E-state index contributed by atoms with van der Waals surface area (Å²) < 4.78 is 24.2. The summed E-state index contributed by atoms with van der Waals surface area (Å²) in [6.07, 6.45) is 3.54. The highest BCUT2D eigenvalue weighted by Crippen LogP contribution is 2.38. The van der Waals surface area contributed by atoms with Crippen LogP contribution in [0.3, 0.4) is 0 Å². The number of pyridine rings is 2. The van der Waals surface area contributed by atoms with Crippen LogP contribution in [-0.4, -0.2) is 55.4 Å². The number of aromatic nitrogens is 4. The van der Waals surface area contributed by atoms with Crippen molar-refractivity contribution in [3.05, 3.63) is 63.7 Å². The average Bonchev–Trinajstić information content (AvgIpc) is 2.87. The third kappa shape index (κ3) is 5.54. The summed E-state index contributed by atoms with van der Waals surface area (Å²) >= 11 is 6.58. The lowest BCUT2D eigenvalue weighted by Crippen LogP contribution is -2.24. The highest BCUT2D eigenvalue weighted by atomic mass is 35.5. The Balaban J connectivity index is 1.88. The molecule has 0 radical (unpaired) electrons. The number of anilines is 1. The number of methoxy groups -OCH3 is 2. The Hall–Kier alpha value is -4.03. The van der Waals surface area contributed by atoms with Gasteiger partial charge in [-0.3, -0.25) is 18.9 Å². The van der Waals surface area contributed by atoms with E-state index < -0.39 is 22.5 Å². The van der Waals surface area contributed by atoms with E-state index in [1.165, 1.54) is 37.4 Å². The van der Waals surface area contributed by atoms with Crippen molar-refractivity contribution in [2.45, 2.75) is 18.1 Å². The molecule has 0 saturated heterocycles. The highest BCUT2D eigenvalue weighted by molar-refractivity contribution is 7.84. The Kier molecular flexibility index (Phi) is 7.69. The van der Waals surface area contributed by atoms with Crippen molar-refractivity contribution >= 4 is 45.3 Å². The molecular formula is C24H22ClN5O6S. The fraction of sp³-hybridized carbons (Fsp3) is 0.208. The number of rotatable bonds is 8. The molecule has 0 aliphatic rings. The van der Waals surface area contributed by atoms with Gasteiger partial charge in [-0.15, -0.1) is 0 Å². The standard InChI is InChI=1S/C24H22ClN5O6S/c1-35-15-10-16(20(25)18(11-15)36-2)17-9-14-12-27-23(37(3)34)29-21(14)30(22(17)31)7-5-13-4-6-26-19(8-13)28-24(32)33/h4,6,8-12H,5,7H2,1-3H3,(H,26,28)(H,32,33). The molecule has 0 bridgehead atoms. The summed E-state index contributed by atoms with van der Waals surface area (Å²) in [5.74, 6) is 0.952. The number of hydrogen-bond donors (Lipinski definition) is 2. The SMILES string of the molecule is COc1cc(OC)c(Cl)c(-c2cc3cnc(S(C)=O)nc3n(CCc3ccnc(NC(=O)O)c3)c2=O)c1. The molecule has 192 valence electrons. The van der Waals surface area contributed by atoms with Crippen LogP contribution < -0.4 is 20.3 Å². The third-order valence-electron chi connectivity index (χ3n) is 5.50. The van der Waals surface area contributed by atoms with Crippen molar-refractivity contribution in [3.8, 4) is 22.6 Å². The molecule has 1 atom stereocenters. The molecule has 4 aromatic rings. The second-order valence-corrected chi connectivity index (χ2v) is 9.47. The van der Waals surface area contributed by atoms with Crippen molar-refractivity contribution in [2.24, 2.45) is 0 Å². The molecule has 0 saturated carbocycles. The smallest absolute Gasteiger partial charge is 0.410 e. The third-order valence-corrected chi connectivity index (χ3v) is 6.60. The molecule has 13 heteroatoms. The minimum Gasteiger partial charge on any atom is -0.497 e. The fourth-order valence-electron chi connectivity index (χ4n) is 3.77. The number of carboxylic acid groups (broad SMARTS) is 1. The maximum atomic E-state index is 13.8. The molecule has 0 spiro atoms. The first-order chi connectivity index (χ1) is 17.7. The molecule has 0 aliphatic carbocycles. The summed E-state index contributed by atoms with van der Waals surface area (Å²) in [7, 11) is 1.49. The Morgan fingerprint density at radius 1 is 1.16 bits per heavy atom. The first-order valence-corrected chi connectivity index (χ1v) is 12.8. The van der Waals surface area contributed by atoms with Gasteiger partial charge >= 0.3 is 6.09 Å². The Bertz CT molecular complexity index is 1590. The van der Waals surface area contributed by atoms with Crippen LogP contribution in [0, 0.1) is 0 Å². The number of aryl methyl sites for hydroxylation is 2. The second-order valence-electron chi connectivity index (χ2n) is 7.82. The van der Waals surface area contributed by atoms with Crippen molar-refractivity contribution < 1.29 is 23.6 Å². The van der Waals surface area contributed by atoms with E-state index in [0.29, 0.717) is 34.5 Å². The monoisotopic (exact) mass is 543 g/mol. The van der Waals surface area contributed by atoms with Gasteiger partial charge in [-0.1, -0.05) is 11.6 Å². The number of carbonyl (C=O) groups is 1. The van der Waals surface area contributed by atoms with Crippen LogP contribution in [0.25, 0.3) is 22.2 Å². The predicted octanol–water partition coefficient (Wildman–Crippen LogP) is 3.59. The number of amides is 1. The van der Waals surface area contributed by atoms with Crippen LogP contribution in [0.2, 0.25) is 5.02 Å². The zero-order chi connectivity index (χ0) is 26.7. The van der Waals surface area contributed by atoms with Crippen LogP contribution in [0.4, 0.5) is 10.6 Å². The first kappa shape index (κ1) is 26.0. The number of ether oxygens (including phenoxy) is 2. The number of benzene rings is 1. The van der Waals surface area contributed by atoms with E-state index in [0.717, 1.165) is 5.56 Å². The summed E-state index contributed by atoms with van der Waals surface area (Å²) in [5, 5.41) is 12.0. The number of nitrogens with one attached hydrogen (secondary N) is 1. The number of nitrogens with zero attached hydrogens (tertiary/aromatic N) is 4. The van der Waals surface area contributed by atoms with Gasteiger partial charge in [0.25, 0.3) is 5.56 Å². The second kappa shape index (κ2) is 10.9. The van der Waals surface area contributed by atoms with Gasteiger partial charge in [0.05, 0.1) is 30.0 Å². The van der Waals surface area contributed by atoms with Crippen molar-refractivity contribution in [2.75, 3.05) is 25.8 Å². The van der Waals surface area contributed by atoms with Crippen molar-refractivity contribution in [1.82, 2.24) is 19.5 Å². The van der Waals surface area contributed by atoms with Crippen molar-refractivity contribution in [1.29, 1.82) is 0 Å². The molecule has 3 heterocycles. The quantitative estimate of drug-likeness (QED) is 0.318. The molecule has 3 aromatic heterocycles. The van der Waals surface area contributed by atoms with E-state index in [1.807, 2.05) is 0 Å². The number of halogens is 1. The number of fused-ring (bicyclic) bond motifs is 1. The lowest BCUT2D eigenvalue weighted by Gasteiger charge is -2.15. The molecular weight excluding hydrogens is 522 g/mol. The Morgan fingerprint density at radius 3 is 2.62 bits per heavy atom. The lowest BCUT2D eigenvalue weighted by molar-refractivity contribution is 0.209. The zero-order valence-electron chi connectivity index (χ0n) is 20.0. The molecule has 0 aliphatic heterocycles. The molecule has 1 unspecified atom stereocenters. The minimum atomic E-state index is -1.47. The van der Waals surface area contributed by atoms with E-state index in [1.54, 1.807) is 30.3 Å². The minimum absolute atomic E-state index is 0.0892. The number of hydrogen-bond acceptors (Lipinski definition) is 8. The highest BCUT2D eigenvalue weighted by Gasteiger charge is 2.19. The predicted molar refractivity (Wildman–Crippen MR) is 139 cm³/mol. The molecule has 4 rings (SSSR count). The maximum absolute atomic E-state index is 13.8. The lowest BCUT2D eigenvalue weighted by atomic mass is 10.0. The van der Waals surface area contributed by atoms with E-state index in [2.05, 4.69) is 20.3 Å². The van der Waals surface area contributed by atoms with Gasteiger partial charge in [-0.05, 0) is 36.2 Å². The molecule has 0 fully saturated rings. The van der Waals surface area contributed by atoms with Gasteiger partial charge < -0.3 is 14.6 Å². The van der Waals surface area contributed by atoms with Crippen molar-refractivity contribution in [3.63, 3.8) is 0 Å². The summed E-state index contributed by atoms with van der Waals surface area (Å²) in [4.78, 5) is 37.3. The molecule has 1 amide bonds. The Labute approximate surface area is 218 Å². The van der Waals surface area contributed by atoms with Gasteiger partial charge in [0.1, 0.15) is 23.0 Å². The van der Waals surface area contributed by atoms with Gasteiger partial charge in [-0.2, -0.15) is 0 Å². The summed E-state index contributed by atoms with van der Waals surface area (Å²) in [6.45, 7) is 0.172. The normalized spacial score (nSPS) is 11.8. The van der Waals surface area contributed by atoms with E-state index in [-0.39, 0.29) is 28.1 Å². The summed E-state index contributed by atoms with van der Waals surface area (Å²) in [5.41, 5.74) is 1.32. The molecule has 11 nitrogen and oxygen atoms in total. The van der Waals surface area contributed by atoms with E-state index in [9.17, 15) is 13.8 Å². The molecule has 37 heavy (non-hydrogen) atoms. The topological polar surface area (TPSA) is 146 Å². The first-order valence-electron chi connectivity index (χ1n) is 10.8. The van der Waals surface area contributed by atoms with E-state index in [4.69, 9.17) is 26.2 Å². The molecule has 2 N–H and O–H groups in total. The fourth-order valence-corrected chi connectivity index (χ4v) is 4.47. The van der Waals surface area contributed by atoms with Crippen LogP contribution in [-0.2, 0) is 23.8 Å².